The number of unbranched alkanes of at least 4 members (excludes halogenated alkanes) is 1. The predicted octanol–water partition coefficient (Wildman–Crippen LogP) is 2.88. The first-order valence-electron chi connectivity index (χ1n) is 5.76. The van der Waals surface area contributed by atoms with Gasteiger partial charge in [0.1, 0.15) is 5.25 Å². The lowest BCUT2D eigenvalue weighted by Crippen LogP contribution is -2.16. The van der Waals surface area contributed by atoms with E-state index in [1.54, 1.807) is 0 Å². The summed E-state index contributed by atoms with van der Waals surface area (Å²) in [5.41, 5.74) is 0. The lowest BCUT2D eigenvalue weighted by molar-refractivity contribution is -0.137. The van der Waals surface area contributed by atoms with Crippen molar-refractivity contribution in [3.8, 4) is 0 Å². The van der Waals surface area contributed by atoms with Gasteiger partial charge in [0, 0.05) is 11.3 Å². The molecule has 1 rings (SSSR count). The van der Waals surface area contributed by atoms with E-state index in [0.29, 0.717) is 19.3 Å². The van der Waals surface area contributed by atoms with Crippen LogP contribution in [-0.4, -0.2) is 27.4 Å². The molecule has 0 aliphatic carbocycles. The zero-order valence-corrected chi connectivity index (χ0v) is 10.7. The highest BCUT2D eigenvalue weighted by molar-refractivity contribution is 8.00. The second-order valence-corrected chi connectivity index (χ2v) is 5.17. The smallest absolute Gasteiger partial charge is 0.316 e. The van der Waals surface area contributed by atoms with Crippen molar-refractivity contribution in [2.75, 3.05) is 0 Å². The molecule has 0 bridgehead atoms. The van der Waals surface area contributed by atoms with Crippen LogP contribution in [0.3, 0.4) is 0 Å². The second-order valence-electron chi connectivity index (χ2n) is 3.90. The third kappa shape index (κ3) is 5.72. The Labute approximate surface area is 110 Å². The van der Waals surface area contributed by atoms with Gasteiger partial charge in [0.05, 0.1) is 0 Å². The Morgan fingerprint density at radius 2 is 1.78 bits per heavy atom. The van der Waals surface area contributed by atoms with Crippen LogP contribution in [0.1, 0.15) is 25.7 Å². The van der Waals surface area contributed by atoms with E-state index in [-0.39, 0.29) is 6.42 Å². The molecule has 0 heterocycles. The van der Waals surface area contributed by atoms with Crippen molar-refractivity contribution in [1.82, 2.24) is 0 Å². The van der Waals surface area contributed by atoms with Crippen LogP contribution in [0.2, 0.25) is 0 Å². The third-order valence-corrected chi connectivity index (χ3v) is 3.67. The summed E-state index contributed by atoms with van der Waals surface area (Å²) in [5.74, 6) is -1.68. The summed E-state index contributed by atoms with van der Waals surface area (Å²) in [5, 5.41) is 17.1. The molecule has 0 aliphatic rings. The van der Waals surface area contributed by atoms with Gasteiger partial charge in [0.25, 0.3) is 0 Å². The van der Waals surface area contributed by atoms with Crippen LogP contribution in [0.4, 0.5) is 0 Å². The molecule has 1 aromatic carbocycles. The SMILES string of the molecule is O=C(O)CCCCC(Sc1ccccc1)C(=O)O. The Hall–Kier alpha value is -1.49. The first-order valence-corrected chi connectivity index (χ1v) is 6.64. The van der Waals surface area contributed by atoms with Gasteiger partial charge in [-0.1, -0.05) is 24.6 Å². The topological polar surface area (TPSA) is 74.6 Å². The summed E-state index contributed by atoms with van der Waals surface area (Å²) >= 11 is 1.31. The molecule has 0 aromatic heterocycles. The molecule has 0 aliphatic heterocycles. The van der Waals surface area contributed by atoms with Crippen LogP contribution in [0.15, 0.2) is 35.2 Å². The second kappa shape index (κ2) is 7.76. The van der Waals surface area contributed by atoms with Gasteiger partial charge in [-0.05, 0) is 25.0 Å². The normalized spacial score (nSPS) is 12.0. The van der Waals surface area contributed by atoms with E-state index in [1.165, 1.54) is 11.8 Å². The van der Waals surface area contributed by atoms with Crippen molar-refractivity contribution in [3.63, 3.8) is 0 Å². The molecule has 0 amide bonds. The molecule has 0 saturated heterocycles. The average Bonchev–Trinajstić information content (AvgIpc) is 2.33. The maximum atomic E-state index is 11.1. The van der Waals surface area contributed by atoms with Crippen LogP contribution in [0.5, 0.6) is 0 Å². The largest absolute Gasteiger partial charge is 0.481 e. The van der Waals surface area contributed by atoms with E-state index >= 15 is 0 Å². The van der Waals surface area contributed by atoms with Crippen LogP contribution < -0.4 is 0 Å². The fourth-order valence-corrected chi connectivity index (χ4v) is 2.53. The minimum atomic E-state index is -0.848. The van der Waals surface area contributed by atoms with E-state index in [2.05, 4.69) is 0 Å². The molecule has 0 spiro atoms. The van der Waals surface area contributed by atoms with Crippen molar-refractivity contribution >= 4 is 23.7 Å². The Bertz CT molecular complexity index is 391. The molecule has 1 aromatic rings. The summed E-state index contributed by atoms with van der Waals surface area (Å²) in [6.45, 7) is 0. The summed E-state index contributed by atoms with van der Waals surface area (Å²) in [6, 6.07) is 9.36. The third-order valence-electron chi connectivity index (χ3n) is 2.40. The number of carboxylic acids is 2. The van der Waals surface area contributed by atoms with Gasteiger partial charge in [0.2, 0.25) is 0 Å². The van der Waals surface area contributed by atoms with Gasteiger partial charge >= 0.3 is 11.9 Å². The van der Waals surface area contributed by atoms with Crippen molar-refractivity contribution < 1.29 is 19.8 Å². The van der Waals surface area contributed by atoms with Crippen LogP contribution in [-0.2, 0) is 9.59 Å². The molecule has 2 N–H and O–H groups in total. The monoisotopic (exact) mass is 268 g/mol. The van der Waals surface area contributed by atoms with Crippen LogP contribution >= 0.6 is 11.8 Å². The first kappa shape index (κ1) is 14.6. The van der Waals surface area contributed by atoms with E-state index in [1.807, 2.05) is 30.3 Å². The minimum absolute atomic E-state index is 0.0995. The number of carbonyl (C=O) groups is 2. The van der Waals surface area contributed by atoms with Crippen molar-refractivity contribution in [2.24, 2.45) is 0 Å². The highest BCUT2D eigenvalue weighted by Gasteiger charge is 2.18. The highest BCUT2D eigenvalue weighted by atomic mass is 32.2. The lowest BCUT2D eigenvalue weighted by atomic mass is 10.1. The molecule has 5 heteroatoms. The zero-order valence-electron chi connectivity index (χ0n) is 9.91. The van der Waals surface area contributed by atoms with Gasteiger partial charge in [-0.15, -0.1) is 11.8 Å². The molecule has 98 valence electrons. The summed E-state index contributed by atoms with van der Waals surface area (Å²) in [4.78, 5) is 22.4. The number of benzene rings is 1. The van der Waals surface area contributed by atoms with E-state index in [0.717, 1.165) is 4.90 Å². The number of thioether (sulfide) groups is 1. The number of carboxylic acid groups (broad SMARTS) is 2. The summed E-state index contributed by atoms with van der Waals surface area (Å²) < 4.78 is 0. The quantitative estimate of drug-likeness (QED) is 0.560. The van der Waals surface area contributed by atoms with Gasteiger partial charge in [0.15, 0.2) is 0 Å². The first-order chi connectivity index (χ1) is 8.59. The lowest BCUT2D eigenvalue weighted by Gasteiger charge is -2.11. The molecule has 0 saturated carbocycles. The number of aliphatic carboxylic acids is 2. The van der Waals surface area contributed by atoms with Crippen molar-refractivity contribution in [3.05, 3.63) is 30.3 Å². The molecule has 0 fully saturated rings. The summed E-state index contributed by atoms with van der Waals surface area (Å²) in [6.07, 6.45) is 1.72. The maximum absolute atomic E-state index is 11.1. The van der Waals surface area contributed by atoms with Gasteiger partial charge in [-0.2, -0.15) is 0 Å². The Morgan fingerprint density at radius 3 is 2.33 bits per heavy atom. The Kier molecular flexibility index (Phi) is 6.28. The summed E-state index contributed by atoms with van der Waals surface area (Å²) in [7, 11) is 0. The van der Waals surface area contributed by atoms with E-state index < -0.39 is 17.2 Å². The molecule has 1 unspecified atom stereocenters. The zero-order chi connectivity index (χ0) is 13.4. The van der Waals surface area contributed by atoms with Crippen molar-refractivity contribution in [2.45, 2.75) is 35.8 Å². The van der Waals surface area contributed by atoms with Gasteiger partial charge in [-0.25, -0.2) is 0 Å². The maximum Gasteiger partial charge on any atom is 0.316 e. The fourth-order valence-electron chi connectivity index (χ4n) is 1.50. The molecule has 4 nitrogen and oxygen atoms in total. The standard InChI is InChI=1S/C13H16O4S/c14-12(15)9-5-4-8-11(13(16)17)18-10-6-2-1-3-7-10/h1-3,6-7,11H,4-5,8-9H2,(H,14,15)(H,16,17). The van der Waals surface area contributed by atoms with Crippen LogP contribution in [0, 0.1) is 0 Å². The molecule has 18 heavy (non-hydrogen) atoms. The highest BCUT2D eigenvalue weighted by Crippen LogP contribution is 2.26. The van der Waals surface area contributed by atoms with Gasteiger partial charge in [-0.3, -0.25) is 9.59 Å². The average molecular weight is 268 g/mol. The predicted molar refractivity (Wildman–Crippen MR) is 69.8 cm³/mol. The Morgan fingerprint density at radius 1 is 1.11 bits per heavy atom. The Balaban J connectivity index is 2.41. The number of rotatable bonds is 8. The number of hydrogen-bond donors (Lipinski definition) is 2. The molecule has 1 atom stereocenters. The molecular weight excluding hydrogens is 252 g/mol. The molecule has 0 radical (unpaired) electrons. The van der Waals surface area contributed by atoms with Crippen molar-refractivity contribution in [1.29, 1.82) is 0 Å². The van der Waals surface area contributed by atoms with E-state index in [4.69, 9.17) is 10.2 Å². The minimum Gasteiger partial charge on any atom is -0.481 e. The van der Waals surface area contributed by atoms with Gasteiger partial charge < -0.3 is 10.2 Å². The molecular formula is C13H16O4S. The number of hydrogen-bond acceptors (Lipinski definition) is 3. The van der Waals surface area contributed by atoms with E-state index in [9.17, 15) is 9.59 Å². The fraction of sp³-hybridized carbons (Fsp3) is 0.385. The van der Waals surface area contributed by atoms with Crippen LogP contribution in [0.25, 0.3) is 0 Å².